The molecule has 0 nitrogen and oxygen atoms in total. The lowest BCUT2D eigenvalue weighted by Crippen LogP contribution is -1.97. The molecule has 3 heteroatoms. The summed E-state index contributed by atoms with van der Waals surface area (Å²) in [6.07, 6.45) is 0. The van der Waals surface area contributed by atoms with Gasteiger partial charge in [-0.15, -0.1) is 0 Å². The smallest absolute Gasteiger partial charge is 0.0658 e. The fourth-order valence-corrected chi connectivity index (χ4v) is 3.74. The van der Waals surface area contributed by atoms with Crippen molar-refractivity contribution in [3.63, 3.8) is 0 Å². The lowest BCUT2D eigenvalue weighted by atomic mass is 9.98. The maximum absolute atomic E-state index is 6.08. The SMILES string of the molecule is Cc1ccc(C)c(C(Br)c2cc(Cl)ccc2Br)c1. The van der Waals surface area contributed by atoms with Crippen molar-refractivity contribution in [3.8, 4) is 0 Å². The van der Waals surface area contributed by atoms with E-state index in [1.54, 1.807) is 0 Å². The van der Waals surface area contributed by atoms with Crippen LogP contribution in [-0.4, -0.2) is 0 Å². The molecule has 0 saturated carbocycles. The van der Waals surface area contributed by atoms with Gasteiger partial charge in [0.25, 0.3) is 0 Å². The fourth-order valence-electron chi connectivity index (χ4n) is 1.91. The third-order valence-corrected chi connectivity index (χ3v) is 4.88. The summed E-state index contributed by atoms with van der Waals surface area (Å²) in [6.45, 7) is 4.23. The Hall–Kier alpha value is -0.310. The summed E-state index contributed by atoms with van der Waals surface area (Å²) in [5.41, 5.74) is 4.96. The van der Waals surface area contributed by atoms with Gasteiger partial charge in [0.1, 0.15) is 0 Å². The van der Waals surface area contributed by atoms with Crippen molar-refractivity contribution in [2.24, 2.45) is 0 Å². The van der Waals surface area contributed by atoms with E-state index in [4.69, 9.17) is 11.6 Å². The summed E-state index contributed by atoms with van der Waals surface area (Å²) in [6, 6.07) is 12.4. The molecule has 2 aromatic rings. The molecule has 18 heavy (non-hydrogen) atoms. The molecule has 1 unspecified atom stereocenters. The topological polar surface area (TPSA) is 0 Å². The van der Waals surface area contributed by atoms with Crippen molar-refractivity contribution in [1.82, 2.24) is 0 Å². The molecule has 0 N–H and O–H groups in total. The molecule has 0 spiro atoms. The second-order valence-electron chi connectivity index (χ2n) is 4.39. The summed E-state index contributed by atoms with van der Waals surface area (Å²) in [7, 11) is 0. The maximum Gasteiger partial charge on any atom is 0.0658 e. The van der Waals surface area contributed by atoms with Crippen molar-refractivity contribution in [2.45, 2.75) is 18.7 Å². The van der Waals surface area contributed by atoms with Crippen LogP contribution in [0.3, 0.4) is 0 Å². The molecule has 1 atom stereocenters. The highest BCUT2D eigenvalue weighted by atomic mass is 79.9. The normalized spacial score (nSPS) is 12.5. The van der Waals surface area contributed by atoms with Crippen LogP contribution in [0.2, 0.25) is 5.02 Å². The number of hydrogen-bond acceptors (Lipinski definition) is 0. The summed E-state index contributed by atoms with van der Waals surface area (Å²) >= 11 is 13.4. The van der Waals surface area contributed by atoms with E-state index in [9.17, 15) is 0 Å². The first-order chi connectivity index (χ1) is 8.49. The average molecular weight is 389 g/mol. The Morgan fingerprint density at radius 3 is 2.44 bits per heavy atom. The van der Waals surface area contributed by atoms with Gasteiger partial charge in [0, 0.05) is 9.50 Å². The molecule has 0 aliphatic carbocycles. The molecular formula is C15H13Br2Cl. The Balaban J connectivity index is 2.50. The first-order valence-electron chi connectivity index (χ1n) is 5.65. The van der Waals surface area contributed by atoms with Crippen LogP contribution in [0.15, 0.2) is 40.9 Å². The molecule has 0 aliphatic heterocycles. The van der Waals surface area contributed by atoms with Gasteiger partial charge in [-0.05, 0) is 48.7 Å². The minimum absolute atomic E-state index is 0.144. The summed E-state index contributed by atoms with van der Waals surface area (Å²) in [5.74, 6) is 0. The molecule has 2 aromatic carbocycles. The van der Waals surface area contributed by atoms with E-state index in [0.29, 0.717) is 0 Å². The summed E-state index contributed by atoms with van der Waals surface area (Å²) in [5, 5.41) is 0.753. The van der Waals surface area contributed by atoms with E-state index < -0.39 is 0 Å². The molecule has 0 amide bonds. The van der Waals surface area contributed by atoms with Crippen LogP contribution < -0.4 is 0 Å². The molecule has 0 heterocycles. The molecule has 0 fully saturated rings. The van der Waals surface area contributed by atoms with Gasteiger partial charge in [-0.25, -0.2) is 0 Å². The van der Waals surface area contributed by atoms with Crippen molar-refractivity contribution in [3.05, 3.63) is 68.1 Å². The lowest BCUT2D eigenvalue weighted by molar-refractivity contribution is 1.12. The standard InChI is InChI=1S/C15H13Br2Cl/c1-9-3-4-10(2)12(7-9)15(17)13-8-11(18)5-6-14(13)16/h3-8,15H,1-2H3. The average Bonchev–Trinajstić information content (AvgIpc) is 2.34. The number of benzene rings is 2. The van der Waals surface area contributed by atoms with E-state index in [0.717, 1.165) is 15.1 Å². The van der Waals surface area contributed by atoms with Gasteiger partial charge < -0.3 is 0 Å². The van der Waals surface area contributed by atoms with Gasteiger partial charge in [-0.3, -0.25) is 0 Å². The van der Waals surface area contributed by atoms with Crippen molar-refractivity contribution >= 4 is 43.5 Å². The van der Waals surface area contributed by atoms with Crippen LogP contribution in [0.25, 0.3) is 0 Å². The van der Waals surface area contributed by atoms with Gasteiger partial charge in [-0.2, -0.15) is 0 Å². The third kappa shape index (κ3) is 2.98. The molecule has 0 radical (unpaired) electrons. The van der Waals surface area contributed by atoms with E-state index in [1.165, 1.54) is 16.7 Å². The highest BCUT2D eigenvalue weighted by Crippen LogP contribution is 2.38. The minimum Gasteiger partial charge on any atom is -0.0843 e. The van der Waals surface area contributed by atoms with Crippen LogP contribution in [0.5, 0.6) is 0 Å². The molecule has 0 aromatic heterocycles. The van der Waals surface area contributed by atoms with Gasteiger partial charge in [-0.1, -0.05) is 67.2 Å². The van der Waals surface area contributed by atoms with Crippen molar-refractivity contribution in [1.29, 1.82) is 0 Å². The molecule has 0 bridgehead atoms. The summed E-state index contributed by atoms with van der Waals surface area (Å²) in [4.78, 5) is 0.144. The van der Waals surface area contributed by atoms with Gasteiger partial charge in [0.2, 0.25) is 0 Å². The minimum atomic E-state index is 0.144. The van der Waals surface area contributed by atoms with Crippen molar-refractivity contribution in [2.75, 3.05) is 0 Å². The molecule has 0 aliphatic rings. The predicted octanol–water partition coefficient (Wildman–Crippen LogP) is 6.20. The maximum atomic E-state index is 6.08. The van der Waals surface area contributed by atoms with Gasteiger partial charge in [0.15, 0.2) is 0 Å². The molecular weight excluding hydrogens is 375 g/mol. The fraction of sp³-hybridized carbons (Fsp3) is 0.200. The van der Waals surface area contributed by atoms with Crippen LogP contribution in [0.4, 0.5) is 0 Å². The Morgan fingerprint density at radius 2 is 1.72 bits per heavy atom. The van der Waals surface area contributed by atoms with Crippen LogP contribution in [-0.2, 0) is 0 Å². The quantitative estimate of drug-likeness (QED) is 0.537. The highest BCUT2D eigenvalue weighted by Gasteiger charge is 2.16. The van der Waals surface area contributed by atoms with Crippen LogP contribution in [0, 0.1) is 13.8 Å². The number of hydrogen-bond donors (Lipinski definition) is 0. The number of alkyl halides is 1. The van der Waals surface area contributed by atoms with Crippen molar-refractivity contribution < 1.29 is 0 Å². The predicted molar refractivity (Wildman–Crippen MR) is 85.8 cm³/mol. The number of aryl methyl sites for hydroxylation is 2. The molecule has 0 saturated heterocycles. The first kappa shape index (κ1) is 14.1. The van der Waals surface area contributed by atoms with Gasteiger partial charge in [0.05, 0.1) is 4.83 Å². The largest absolute Gasteiger partial charge is 0.0843 e. The first-order valence-corrected chi connectivity index (χ1v) is 7.74. The van der Waals surface area contributed by atoms with Crippen LogP contribution >= 0.6 is 43.5 Å². The number of rotatable bonds is 2. The Morgan fingerprint density at radius 1 is 1.00 bits per heavy atom. The number of halogens is 3. The van der Waals surface area contributed by atoms with E-state index in [1.807, 2.05) is 18.2 Å². The second kappa shape index (κ2) is 5.77. The van der Waals surface area contributed by atoms with E-state index >= 15 is 0 Å². The Kier molecular flexibility index (Phi) is 4.52. The van der Waals surface area contributed by atoms with Crippen LogP contribution in [0.1, 0.15) is 27.1 Å². The van der Waals surface area contributed by atoms with E-state index in [2.05, 4.69) is 63.9 Å². The third-order valence-electron chi connectivity index (χ3n) is 2.94. The monoisotopic (exact) mass is 386 g/mol. The molecule has 94 valence electrons. The molecule has 2 rings (SSSR count). The highest BCUT2D eigenvalue weighted by molar-refractivity contribution is 9.11. The zero-order valence-electron chi connectivity index (χ0n) is 10.2. The Bertz CT molecular complexity index is 527. The van der Waals surface area contributed by atoms with E-state index in [-0.39, 0.29) is 4.83 Å². The summed E-state index contributed by atoms with van der Waals surface area (Å²) < 4.78 is 1.06. The lowest BCUT2D eigenvalue weighted by Gasteiger charge is -2.16. The zero-order valence-corrected chi connectivity index (χ0v) is 14.1. The van der Waals surface area contributed by atoms with Gasteiger partial charge >= 0.3 is 0 Å². The Labute approximate surface area is 130 Å². The second-order valence-corrected chi connectivity index (χ2v) is 6.59. The zero-order chi connectivity index (χ0) is 13.3.